The van der Waals surface area contributed by atoms with Crippen LogP contribution in [0.25, 0.3) is 0 Å². The highest BCUT2D eigenvalue weighted by Gasteiger charge is 2.37. The van der Waals surface area contributed by atoms with Gasteiger partial charge in [0.15, 0.2) is 0 Å². The molecule has 0 aliphatic rings. The maximum absolute atomic E-state index is 10.3. The van der Waals surface area contributed by atoms with E-state index in [4.69, 9.17) is 4.74 Å². The minimum atomic E-state index is -1.32. The van der Waals surface area contributed by atoms with E-state index in [0.29, 0.717) is 5.75 Å². The van der Waals surface area contributed by atoms with Gasteiger partial charge in [-0.05, 0) is 30.5 Å². The van der Waals surface area contributed by atoms with Crippen molar-refractivity contribution in [2.45, 2.75) is 26.4 Å². The number of aryl methyl sites for hydroxylation is 1. The normalized spacial score (nSPS) is 13.3. The number of aliphatic hydroxyl groups excluding tert-OH is 4. The molecule has 0 fully saturated rings. The van der Waals surface area contributed by atoms with Gasteiger partial charge in [-0.15, -0.1) is 0 Å². The quantitative estimate of drug-likeness (QED) is 0.573. The van der Waals surface area contributed by atoms with Crippen LogP contribution in [0.2, 0.25) is 0 Å². The van der Waals surface area contributed by atoms with Crippen molar-refractivity contribution >= 4 is 0 Å². The molecule has 0 spiro atoms. The van der Waals surface area contributed by atoms with Crippen molar-refractivity contribution in [3.8, 4) is 5.75 Å². The first-order valence-electron chi connectivity index (χ1n) is 6.59. The Morgan fingerprint density at radius 3 is 2.10 bits per heavy atom. The molecule has 0 heterocycles. The summed E-state index contributed by atoms with van der Waals surface area (Å²) in [6.07, 6.45) is -0.884. The lowest BCUT2D eigenvalue weighted by Crippen LogP contribution is -2.46. The molecule has 1 rings (SSSR count). The molecule has 1 atom stereocenters. The number of ether oxygens (including phenoxy) is 1. The summed E-state index contributed by atoms with van der Waals surface area (Å²) in [4.78, 5) is 0. The van der Waals surface area contributed by atoms with Gasteiger partial charge >= 0.3 is 0 Å². The van der Waals surface area contributed by atoms with E-state index in [0.717, 1.165) is 16.7 Å². The van der Waals surface area contributed by atoms with Crippen LogP contribution in [0.5, 0.6) is 5.75 Å². The fourth-order valence-corrected chi connectivity index (χ4v) is 2.18. The highest BCUT2D eigenvalue weighted by atomic mass is 16.5. The van der Waals surface area contributed by atoms with Crippen molar-refractivity contribution in [1.29, 1.82) is 0 Å². The second-order valence-electron chi connectivity index (χ2n) is 5.26. The van der Waals surface area contributed by atoms with Crippen LogP contribution in [0.4, 0.5) is 0 Å². The van der Waals surface area contributed by atoms with Gasteiger partial charge in [0.25, 0.3) is 0 Å². The van der Waals surface area contributed by atoms with Crippen LogP contribution in [0, 0.1) is 19.3 Å². The molecular weight excluding hydrogens is 260 g/mol. The summed E-state index contributed by atoms with van der Waals surface area (Å²) in [5.41, 5.74) is 1.53. The first kappa shape index (κ1) is 16.9. The molecule has 1 aromatic carbocycles. The molecule has 114 valence electrons. The summed E-state index contributed by atoms with van der Waals surface area (Å²) in [5.74, 6) is 0.687. The lowest BCUT2D eigenvalue weighted by molar-refractivity contribution is -0.0824. The van der Waals surface area contributed by atoms with Crippen molar-refractivity contribution < 1.29 is 25.2 Å². The van der Waals surface area contributed by atoms with Crippen molar-refractivity contribution in [2.24, 2.45) is 5.41 Å². The van der Waals surface area contributed by atoms with E-state index >= 15 is 0 Å². The second kappa shape index (κ2) is 7.04. The van der Waals surface area contributed by atoms with Crippen molar-refractivity contribution in [2.75, 3.05) is 26.9 Å². The smallest absolute Gasteiger partial charge is 0.125 e. The van der Waals surface area contributed by atoms with Gasteiger partial charge in [-0.2, -0.15) is 0 Å². The Labute approximate surface area is 119 Å². The molecule has 5 heteroatoms. The van der Waals surface area contributed by atoms with E-state index in [1.165, 1.54) is 0 Å². The van der Waals surface area contributed by atoms with Gasteiger partial charge in [-0.1, -0.05) is 12.1 Å². The van der Waals surface area contributed by atoms with Gasteiger partial charge < -0.3 is 25.2 Å². The lowest BCUT2D eigenvalue weighted by Gasteiger charge is -2.33. The number of methoxy groups -OCH3 is 1. The Morgan fingerprint density at radius 1 is 1.10 bits per heavy atom. The number of hydrogen-bond acceptors (Lipinski definition) is 5. The monoisotopic (exact) mass is 284 g/mol. The summed E-state index contributed by atoms with van der Waals surface area (Å²) in [6.45, 7) is 2.43. The molecular formula is C15H24O5. The molecule has 1 unspecified atom stereocenters. The van der Waals surface area contributed by atoms with Crippen LogP contribution in [0.15, 0.2) is 12.1 Å². The van der Waals surface area contributed by atoms with Crippen molar-refractivity contribution in [1.82, 2.24) is 0 Å². The second-order valence-corrected chi connectivity index (χ2v) is 5.26. The summed E-state index contributed by atoms with van der Waals surface area (Å²) in [6, 6.07) is 3.78. The molecule has 5 nitrogen and oxygen atoms in total. The Hall–Kier alpha value is -1.14. The number of benzene rings is 1. The molecule has 0 amide bonds. The molecule has 0 bridgehead atoms. The number of aliphatic hydroxyl groups is 4. The molecule has 0 saturated heterocycles. The zero-order valence-electron chi connectivity index (χ0n) is 12.3. The Balaban J connectivity index is 3.07. The van der Waals surface area contributed by atoms with Gasteiger partial charge in [-0.25, -0.2) is 0 Å². The van der Waals surface area contributed by atoms with E-state index in [2.05, 4.69) is 0 Å². The predicted octanol–water partition coefficient (Wildman–Crippen LogP) is 0.179. The minimum Gasteiger partial charge on any atom is -0.496 e. The van der Waals surface area contributed by atoms with Gasteiger partial charge in [0.1, 0.15) is 5.75 Å². The van der Waals surface area contributed by atoms with Crippen LogP contribution in [0.3, 0.4) is 0 Å². The molecule has 0 aromatic heterocycles. The first-order valence-corrected chi connectivity index (χ1v) is 6.59. The van der Waals surface area contributed by atoms with E-state index in [9.17, 15) is 20.4 Å². The van der Waals surface area contributed by atoms with Crippen molar-refractivity contribution in [3.05, 3.63) is 28.8 Å². The van der Waals surface area contributed by atoms with Gasteiger partial charge in [0.05, 0.1) is 38.4 Å². The molecule has 0 aliphatic carbocycles. The maximum Gasteiger partial charge on any atom is 0.125 e. The zero-order chi connectivity index (χ0) is 15.3. The summed E-state index contributed by atoms with van der Waals surface area (Å²) < 4.78 is 5.37. The summed E-state index contributed by atoms with van der Waals surface area (Å²) in [7, 11) is 1.56. The predicted molar refractivity (Wildman–Crippen MR) is 75.9 cm³/mol. The first-order chi connectivity index (χ1) is 9.45. The van der Waals surface area contributed by atoms with E-state index in [-0.39, 0.29) is 6.42 Å². The topological polar surface area (TPSA) is 90.2 Å². The molecule has 20 heavy (non-hydrogen) atoms. The maximum atomic E-state index is 10.3. The van der Waals surface area contributed by atoms with Gasteiger partial charge in [0, 0.05) is 6.42 Å². The fraction of sp³-hybridized carbons (Fsp3) is 0.600. The molecule has 1 aromatic rings. The highest BCUT2D eigenvalue weighted by molar-refractivity contribution is 5.45. The molecule has 0 saturated carbocycles. The van der Waals surface area contributed by atoms with E-state index < -0.39 is 31.3 Å². The Bertz CT molecular complexity index is 432. The molecule has 0 aliphatic heterocycles. The average molecular weight is 284 g/mol. The summed E-state index contributed by atoms with van der Waals surface area (Å²) in [5, 5.41) is 38.3. The van der Waals surface area contributed by atoms with Gasteiger partial charge in [0.2, 0.25) is 0 Å². The van der Waals surface area contributed by atoms with Crippen LogP contribution >= 0.6 is 0 Å². The Kier molecular flexibility index (Phi) is 5.95. The molecule has 0 radical (unpaired) electrons. The van der Waals surface area contributed by atoms with Crippen LogP contribution in [-0.4, -0.2) is 53.5 Å². The average Bonchev–Trinajstić information content (AvgIpc) is 2.46. The third-order valence-corrected chi connectivity index (χ3v) is 4.03. The van der Waals surface area contributed by atoms with E-state index in [1.54, 1.807) is 7.11 Å². The summed E-state index contributed by atoms with van der Waals surface area (Å²) >= 11 is 0. The van der Waals surface area contributed by atoms with E-state index in [1.807, 2.05) is 26.0 Å². The van der Waals surface area contributed by atoms with Crippen LogP contribution < -0.4 is 4.74 Å². The van der Waals surface area contributed by atoms with Crippen LogP contribution in [-0.2, 0) is 6.42 Å². The lowest BCUT2D eigenvalue weighted by atomic mass is 9.81. The third-order valence-electron chi connectivity index (χ3n) is 4.03. The Morgan fingerprint density at radius 2 is 1.65 bits per heavy atom. The van der Waals surface area contributed by atoms with Crippen molar-refractivity contribution in [3.63, 3.8) is 0 Å². The zero-order valence-corrected chi connectivity index (χ0v) is 12.3. The SMILES string of the molecule is COc1c(CC(O)C(CO)(CO)CO)ccc(C)c1C. The fourth-order valence-electron chi connectivity index (χ4n) is 2.18. The van der Waals surface area contributed by atoms with Crippen LogP contribution in [0.1, 0.15) is 16.7 Å². The highest BCUT2D eigenvalue weighted by Crippen LogP contribution is 2.30. The standard InChI is InChI=1S/C15H24O5/c1-10-4-5-12(14(20-3)11(10)2)6-13(19)15(7-16,8-17)9-18/h4-5,13,16-19H,6-9H2,1-3H3. The number of hydrogen-bond donors (Lipinski definition) is 4. The largest absolute Gasteiger partial charge is 0.496 e. The third kappa shape index (κ3) is 3.12. The molecule has 4 N–H and O–H groups in total. The van der Waals surface area contributed by atoms with Gasteiger partial charge in [-0.3, -0.25) is 0 Å². The number of rotatable bonds is 7. The minimum absolute atomic E-state index is 0.186.